The van der Waals surface area contributed by atoms with Gasteiger partial charge in [-0.15, -0.1) is 0 Å². The predicted molar refractivity (Wildman–Crippen MR) is 207 cm³/mol. The summed E-state index contributed by atoms with van der Waals surface area (Å²) in [6.45, 7) is 6.66. The molecule has 8 fully saturated rings. The number of ether oxygens (including phenoxy) is 6. The van der Waals surface area contributed by atoms with Crippen molar-refractivity contribution in [3.8, 4) is 0 Å². The van der Waals surface area contributed by atoms with E-state index in [0.717, 1.165) is 0 Å². The Morgan fingerprint density at radius 1 is 0.881 bits per heavy atom. The summed E-state index contributed by atoms with van der Waals surface area (Å²) in [5, 5.41) is 63.4. The van der Waals surface area contributed by atoms with E-state index in [0.29, 0.717) is 24.0 Å². The maximum absolute atomic E-state index is 13.7. The number of hydrogen-bond donors (Lipinski definition) is 5. The second kappa shape index (κ2) is 13.3. The van der Waals surface area contributed by atoms with Gasteiger partial charge in [0.25, 0.3) is 0 Å². The van der Waals surface area contributed by atoms with E-state index in [1.807, 2.05) is 38.1 Å². The van der Waals surface area contributed by atoms with Gasteiger partial charge in [0.1, 0.15) is 53.4 Å². The number of rotatable bonds is 4. The highest BCUT2D eigenvalue weighted by molar-refractivity contribution is 5.89. The maximum Gasteiger partial charge on any atom is 0.338 e. The van der Waals surface area contributed by atoms with Gasteiger partial charge < -0.3 is 54.0 Å². The van der Waals surface area contributed by atoms with E-state index in [1.165, 1.54) is 12.2 Å². The van der Waals surface area contributed by atoms with E-state index in [4.69, 9.17) is 28.4 Å². The van der Waals surface area contributed by atoms with Crippen molar-refractivity contribution in [1.82, 2.24) is 0 Å². The zero-order chi connectivity index (χ0) is 41.5. The minimum atomic E-state index is -2.22. The summed E-state index contributed by atoms with van der Waals surface area (Å²) in [5.41, 5.74) is -8.50. The second-order valence-electron chi connectivity index (χ2n) is 19.0. The van der Waals surface area contributed by atoms with Crippen LogP contribution in [0.3, 0.4) is 0 Å². The summed E-state index contributed by atoms with van der Waals surface area (Å²) in [7, 11) is 0. The van der Waals surface area contributed by atoms with Crippen molar-refractivity contribution in [2.75, 3.05) is 6.61 Å². The molecule has 12 rings (SSSR count). The van der Waals surface area contributed by atoms with Crippen molar-refractivity contribution in [2.24, 2.45) is 41.4 Å². The van der Waals surface area contributed by atoms with Crippen LogP contribution in [-0.2, 0) is 39.2 Å². The molecule has 0 amide bonds. The summed E-state index contributed by atoms with van der Waals surface area (Å²) in [5.74, 6) is -6.79. The molecular weight excluding hydrogens is 760 g/mol. The SMILES string of the molecule is C[C@@H]1C[C@H]2C34O[C@]5(c6ccccc6)O[C@@H]6[C@@H]3[C@H]3O[C@@]3(CO)[C@H](O)[C@]2(O)[C@H]1OC(=O)/C=C/C=C/[C@@H](OC(=O)c1ccccc1)C1CC[C@@H](C[C@](C)(O)[C@]6(O)[C@H](O5)[C@H]4C)[C@H]1C. The molecule has 11 bridgehead atoms. The Hall–Kier alpha value is -3.50. The molecule has 2 aromatic rings. The number of aliphatic hydroxyl groups is 5. The molecule has 59 heavy (non-hydrogen) atoms. The monoisotopic (exact) mass is 814 g/mol. The largest absolute Gasteiger partial charge is 0.456 e. The number of carbonyl (C=O) groups excluding carboxylic acids is 2. The smallest absolute Gasteiger partial charge is 0.338 e. The molecule has 0 radical (unpaired) electrons. The van der Waals surface area contributed by atoms with E-state index in [2.05, 4.69) is 6.92 Å². The molecule has 2 aromatic carbocycles. The number of hydrogen-bond acceptors (Lipinski definition) is 13. The lowest BCUT2D eigenvalue weighted by Crippen LogP contribution is -2.89. The van der Waals surface area contributed by atoms with Crippen molar-refractivity contribution < 1.29 is 63.5 Å². The lowest BCUT2D eigenvalue weighted by atomic mass is 9.49. The van der Waals surface area contributed by atoms with Crippen LogP contribution in [0.2, 0.25) is 0 Å². The Morgan fingerprint density at radius 2 is 1.58 bits per heavy atom. The van der Waals surface area contributed by atoms with Gasteiger partial charge in [-0.25, -0.2) is 9.59 Å². The third kappa shape index (κ3) is 5.17. The number of epoxide rings is 1. The number of allylic oxidation sites excluding steroid dienone is 2. The second-order valence-corrected chi connectivity index (χ2v) is 19.0. The molecule has 1 spiro atoms. The van der Waals surface area contributed by atoms with Crippen molar-refractivity contribution in [2.45, 2.75) is 124 Å². The molecule has 316 valence electrons. The van der Waals surface area contributed by atoms with Crippen LogP contribution in [0.15, 0.2) is 85.0 Å². The van der Waals surface area contributed by atoms with Crippen molar-refractivity contribution in [1.29, 1.82) is 0 Å². The third-order valence-corrected chi connectivity index (χ3v) is 16.2. The van der Waals surface area contributed by atoms with Crippen LogP contribution >= 0.6 is 0 Å². The highest BCUT2D eigenvalue weighted by atomic mass is 16.9. The fourth-order valence-electron chi connectivity index (χ4n) is 13.3. The van der Waals surface area contributed by atoms with Crippen molar-refractivity contribution in [3.63, 3.8) is 0 Å². The number of benzene rings is 2. The van der Waals surface area contributed by atoms with E-state index < -0.39 is 113 Å². The Kier molecular flexibility index (Phi) is 8.90. The highest BCUT2D eigenvalue weighted by Crippen LogP contribution is 2.75. The molecule has 6 heterocycles. The topological polar surface area (TPSA) is 194 Å². The summed E-state index contributed by atoms with van der Waals surface area (Å²) in [6, 6.07) is 17.7. The standard InChI is InChI=1S/C46H54O13/c1-24-21-32-43(52)35(24)55-33(48)18-12-11-17-31(54-39(49)27-13-7-5-8-14-27)30-20-19-28(25(30)2)22-41(4,51)45(53)36-26(3)44(32)34(37-42(23-47,56-37)40(43)50)38(45)58-46(57-36,59-44)29-15-9-6-10-16-29/h5-18,24-26,28,30-32,34-38,40,47,50-53H,19-23H2,1-4H3/b17-11+,18-12+/t24-,25-,26-,28+,30?,31-,32-,34+,35+,36-,37-,38-,40+,41+,42-,43-,44?,45+,46+/m1/s1. The molecule has 4 saturated heterocycles. The van der Waals surface area contributed by atoms with Crippen LogP contribution in [0.4, 0.5) is 0 Å². The van der Waals surface area contributed by atoms with Gasteiger partial charge in [-0.1, -0.05) is 81.5 Å². The van der Waals surface area contributed by atoms with Crippen LogP contribution in [0.5, 0.6) is 0 Å². The zero-order valence-corrected chi connectivity index (χ0v) is 33.6. The first-order chi connectivity index (χ1) is 28.1. The minimum absolute atomic E-state index is 0.102. The average molecular weight is 815 g/mol. The number of fused-ring (bicyclic) bond motifs is 6. The predicted octanol–water partition coefficient (Wildman–Crippen LogP) is 3.31. The van der Waals surface area contributed by atoms with Gasteiger partial charge in [0.2, 0.25) is 0 Å². The lowest BCUT2D eigenvalue weighted by Gasteiger charge is -2.74. The summed E-state index contributed by atoms with van der Waals surface area (Å²) < 4.78 is 39.7. The molecule has 0 aromatic heterocycles. The van der Waals surface area contributed by atoms with Crippen molar-refractivity contribution >= 4 is 11.9 Å². The molecule has 10 aliphatic rings. The molecule has 2 unspecified atom stereocenters. The summed E-state index contributed by atoms with van der Waals surface area (Å²) in [6.07, 6.45) is 0.608. The quantitative estimate of drug-likeness (QED) is 0.223. The first-order valence-corrected chi connectivity index (χ1v) is 21.2. The normalized spacial score (nSPS) is 52.8. The van der Waals surface area contributed by atoms with Crippen LogP contribution < -0.4 is 0 Å². The fourth-order valence-corrected chi connectivity index (χ4v) is 13.3. The molecule has 13 nitrogen and oxygen atoms in total. The molecule has 6 aliphatic heterocycles. The Bertz CT molecular complexity index is 2060. The van der Waals surface area contributed by atoms with E-state index in [9.17, 15) is 35.1 Å². The fraction of sp³-hybridized carbons (Fsp3) is 0.609. The van der Waals surface area contributed by atoms with Crippen molar-refractivity contribution in [3.05, 3.63) is 96.1 Å². The number of aliphatic hydroxyl groups excluding tert-OH is 2. The van der Waals surface area contributed by atoms with E-state index >= 15 is 0 Å². The van der Waals surface area contributed by atoms with E-state index in [1.54, 1.807) is 55.5 Å². The zero-order valence-electron chi connectivity index (χ0n) is 33.6. The van der Waals surface area contributed by atoms with Crippen LogP contribution in [0, 0.1) is 41.4 Å². The van der Waals surface area contributed by atoms with Gasteiger partial charge in [0, 0.05) is 35.3 Å². The molecule has 19 atom stereocenters. The van der Waals surface area contributed by atoms with Gasteiger partial charge in [0.15, 0.2) is 0 Å². The molecule has 5 N–H and O–H groups in total. The number of esters is 2. The van der Waals surface area contributed by atoms with Crippen LogP contribution in [0.1, 0.15) is 69.3 Å². The minimum Gasteiger partial charge on any atom is -0.456 e. The Labute approximate surface area is 342 Å². The maximum atomic E-state index is 13.7. The first kappa shape index (κ1) is 39.6. The molecular formula is C46H54O13. The van der Waals surface area contributed by atoms with Gasteiger partial charge >= 0.3 is 17.9 Å². The third-order valence-electron chi connectivity index (χ3n) is 16.2. The van der Waals surface area contributed by atoms with E-state index in [-0.39, 0.29) is 30.6 Å². The van der Waals surface area contributed by atoms with Gasteiger partial charge in [-0.3, -0.25) is 0 Å². The molecule has 13 heteroatoms. The molecule has 4 aliphatic carbocycles. The first-order valence-electron chi connectivity index (χ1n) is 21.2. The molecule has 4 saturated carbocycles. The summed E-state index contributed by atoms with van der Waals surface area (Å²) in [4.78, 5) is 27.2. The van der Waals surface area contributed by atoms with Crippen LogP contribution in [0.25, 0.3) is 0 Å². The lowest BCUT2D eigenvalue weighted by molar-refractivity contribution is -0.595. The van der Waals surface area contributed by atoms with Gasteiger partial charge in [-0.05, 0) is 68.6 Å². The summed E-state index contributed by atoms with van der Waals surface area (Å²) >= 11 is 0. The Morgan fingerprint density at radius 3 is 2.29 bits per heavy atom. The highest BCUT2D eigenvalue weighted by Gasteiger charge is 2.91. The van der Waals surface area contributed by atoms with Crippen LogP contribution in [-0.4, -0.2) is 109 Å². The van der Waals surface area contributed by atoms with Gasteiger partial charge in [-0.2, -0.15) is 0 Å². The number of carbonyl (C=O) groups is 2. The average Bonchev–Trinajstić information content (AvgIpc) is 3.79. The Balaban J connectivity index is 1.14. The van der Waals surface area contributed by atoms with Gasteiger partial charge in [0.05, 0.1) is 23.4 Å².